The summed E-state index contributed by atoms with van der Waals surface area (Å²) >= 11 is 0. The van der Waals surface area contributed by atoms with Gasteiger partial charge in [-0.15, -0.1) is 0 Å². The van der Waals surface area contributed by atoms with Gasteiger partial charge in [-0.3, -0.25) is 0 Å². The normalized spacial score (nSPS) is 30.1. The van der Waals surface area contributed by atoms with Crippen LogP contribution in [-0.2, 0) is 0 Å². The molecule has 0 bridgehead atoms. The highest BCUT2D eigenvalue weighted by molar-refractivity contribution is 5.33. The van der Waals surface area contributed by atoms with Gasteiger partial charge in [0, 0.05) is 17.7 Å². The van der Waals surface area contributed by atoms with Gasteiger partial charge < -0.3 is 11.1 Å². The van der Waals surface area contributed by atoms with E-state index < -0.39 is 0 Å². The maximum atomic E-state index is 5.50. The molecule has 3 aliphatic rings. The van der Waals surface area contributed by atoms with Crippen LogP contribution in [0.25, 0.3) is 0 Å². The standard InChI is InChI=1S/C14H21N.C7H15N.2C2H6/c1-4-12-8-9-14(10(12)2)11(3)15-13-6-5-7-13;1-6-2-3-7(4-6)5-8;2*1-2/h4,8-10,13-15H,3,5-7H2,1-2H3;6-7H,2-5,8H2,1H3;2*1-2H3/b12-4-;;;. The zero-order valence-electron chi connectivity index (χ0n) is 19.4. The Morgan fingerprint density at radius 3 is 2.11 bits per heavy atom. The van der Waals surface area contributed by atoms with Crippen molar-refractivity contribution in [2.45, 2.75) is 93.0 Å². The van der Waals surface area contributed by atoms with Crippen LogP contribution in [0.3, 0.4) is 0 Å². The lowest BCUT2D eigenvalue weighted by Gasteiger charge is -2.31. The molecule has 4 atom stereocenters. The molecule has 0 saturated heterocycles. The van der Waals surface area contributed by atoms with Gasteiger partial charge in [0.1, 0.15) is 0 Å². The molecule has 0 aromatic rings. The molecule has 3 N–H and O–H groups in total. The summed E-state index contributed by atoms with van der Waals surface area (Å²) in [6.07, 6.45) is 14.9. The SMILES string of the molecule is C=C(NC1CCC1)C1C=C/C(=C/C)C1C.CC.CC.CC1CCC(CN)C1. The lowest BCUT2D eigenvalue weighted by molar-refractivity contribution is 0.349. The Kier molecular flexibility index (Phi) is 14.4. The van der Waals surface area contributed by atoms with Crippen molar-refractivity contribution < 1.29 is 0 Å². The van der Waals surface area contributed by atoms with E-state index in [-0.39, 0.29) is 0 Å². The quantitative estimate of drug-likeness (QED) is 0.563. The van der Waals surface area contributed by atoms with E-state index in [1.165, 1.54) is 49.8 Å². The van der Waals surface area contributed by atoms with Crippen molar-refractivity contribution in [3.8, 4) is 0 Å². The van der Waals surface area contributed by atoms with Crippen LogP contribution in [0.1, 0.15) is 87.0 Å². The van der Waals surface area contributed by atoms with E-state index in [2.05, 4.69) is 50.9 Å². The molecule has 0 spiro atoms. The minimum atomic E-state index is 0.497. The molecule has 0 heterocycles. The molecule has 3 rings (SSSR count). The maximum Gasteiger partial charge on any atom is 0.0258 e. The molecule has 0 aliphatic heterocycles. The lowest BCUT2D eigenvalue weighted by atomic mass is 9.88. The molecule has 0 aromatic heterocycles. The summed E-state index contributed by atoms with van der Waals surface area (Å²) in [5.41, 5.74) is 8.15. The molecule has 3 aliphatic carbocycles. The minimum absolute atomic E-state index is 0.497. The molecular formula is C25H48N2. The third kappa shape index (κ3) is 8.68. The van der Waals surface area contributed by atoms with E-state index >= 15 is 0 Å². The highest BCUT2D eigenvalue weighted by Crippen LogP contribution is 2.34. The predicted molar refractivity (Wildman–Crippen MR) is 124 cm³/mol. The summed E-state index contributed by atoms with van der Waals surface area (Å²) in [6.45, 7) is 19.8. The van der Waals surface area contributed by atoms with Crippen LogP contribution in [0.15, 0.2) is 36.1 Å². The summed E-state index contributed by atoms with van der Waals surface area (Å²) in [7, 11) is 0. The first-order valence-electron chi connectivity index (χ1n) is 11.5. The number of hydrogen-bond donors (Lipinski definition) is 2. The minimum Gasteiger partial charge on any atom is -0.386 e. The number of hydrogen-bond acceptors (Lipinski definition) is 2. The van der Waals surface area contributed by atoms with E-state index in [1.807, 2.05) is 27.7 Å². The number of rotatable bonds is 4. The van der Waals surface area contributed by atoms with Crippen molar-refractivity contribution in [3.05, 3.63) is 36.1 Å². The predicted octanol–water partition coefficient (Wildman–Crippen LogP) is 6.84. The number of allylic oxidation sites excluding steroid dienone is 4. The largest absolute Gasteiger partial charge is 0.386 e. The second kappa shape index (κ2) is 15.0. The van der Waals surface area contributed by atoms with Gasteiger partial charge in [0.2, 0.25) is 0 Å². The van der Waals surface area contributed by atoms with E-state index in [1.54, 1.807) is 0 Å². The van der Waals surface area contributed by atoms with E-state index in [9.17, 15) is 0 Å². The van der Waals surface area contributed by atoms with Gasteiger partial charge in [-0.2, -0.15) is 0 Å². The third-order valence-electron chi connectivity index (χ3n) is 5.93. The molecule has 2 nitrogen and oxygen atoms in total. The van der Waals surface area contributed by atoms with Gasteiger partial charge in [-0.1, -0.05) is 72.8 Å². The zero-order chi connectivity index (χ0) is 20.8. The second-order valence-corrected chi connectivity index (χ2v) is 7.78. The fourth-order valence-corrected chi connectivity index (χ4v) is 3.97. The first kappa shape index (κ1) is 26.0. The van der Waals surface area contributed by atoms with Crippen LogP contribution < -0.4 is 11.1 Å². The fraction of sp³-hybridized carbons (Fsp3) is 0.760. The summed E-state index contributed by atoms with van der Waals surface area (Å²) in [4.78, 5) is 0. The number of nitrogens with two attached hydrogens (primary N) is 1. The second-order valence-electron chi connectivity index (χ2n) is 7.78. The molecule has 4 unspecified atom stereocenters. The van der Waals surface area contributed by atoms with Crippen molar-refractivity contribution >= 4 is 0 Å². The highest BCUT2D eigenvalue weighted by Gasteiger charge is 2.27. The Labute approximate surface area is 170 Å². The first-order chi connectivity index (χ1) is 13.0. The van der Waals surface area contributed by atoms with Crippen LogP contribution >= 0.6 is 0 Å². The average molecular weight is 377 g/mol. The van der Waals surface area contributed by atoms with Crippen LogP contribution in [0.2, 0.25) is 0 Å². The molecule has 0 radical (unpaired) electrons. The lowest BCUT2D eigenvalue weighted by Crippen LogP contribution is -2.36. The Morgan fingerprint density at radius 1 is 1.15 bits per heavy atom. The smallest absolute Gasteiger partial charge is 0.0258 e. The van der Waals surface area contributed by atoms with E-state index in [0.717, 1.165) is 18.4 Å². The molecule has 0 aromatic carbocycles. The van der Waals surface area contributed by atoms with Crippen LogP contribution in [0.5, 0.6) is 0 Å². The van der Waals surface area contributed by atoms with Crippen molar-refractivity contribution in [1.82, 2.24) is 5.32 Å². The monoisotopic (exact) mass is 376 g/mol. The van der Waals surface area contributed by atoms with E-state index in [0.29, 0.717) is 17.9 Å². The van der Waals surface area contributed by atoms with Crippen LogP contribution in [-0.4, -0.2) is 12.6 Å². The topological polar surface area (TPSA) is 38.0 Å². The molecule has 158 valence electrons. The van der Waals surface area contributed by atoms with Gasteiger partial charge in [0.15, 0.2) is 0 Å². The summed E-state index contributed by atoms with van der Waals surface area (Å²) < 4.78 is 0. The average Bonchev–Trinajstić information content (AvgIpc) is 3.27. The van der Waals surface area contributed by atoms with Gasteiger partial charge in [-0.05, 0) is 68.9 Å². The third-order valence-corrected chi connectivity index (χ3v) is 5.93. The van der Waals surface area contributed by atoms with Crippen molar-refractivity contribution in [2.24, 2.45) is 29.4 Å². The van der Waals surface area contributed by atoms with E-state index in [4.69, 9.17) is 5.73 Å². The molecule has 2 heteroatoms. The maximum absolute atomic E-state index is 5.50. The zero-order valence-corrected chi connectivity index (χ0v) is 19.4. The molecule has 2 saturated carbocycles. The van der Waals surface area contributed by atoms with Gasteiger partial charge in [-0.25, -0.2) is 0 Å². The first-order valence-corrected chi connectivity index (χ1v) is 11.5. The van der Waals surface area contributed by atoms with Crippen molar-refractivity contribution in [3.63, 3.8) is 0 Å². The van der Waals surface area contributed by atoms with Crippen LogP contribution in [0, 0.1) is 23.7 Å². The van der Waals surface area contributed by atoms with Crippen LogP contribution in [0.4, 0.5) is 0 Å². The molecular weight excluding hydrogens is 328 g/mol. The van der Waals surface area contributed by atoms with Gasteiger partial charge in [0.05, 0.1) is 0 Å². The Balaban J connectivity index is 0.000000477. The molecule has 27 heavy (non-hydrogen) atoms. The molecule has 0 amide bonds. The summed E-state index contributed by atoms with van der Waals surface area (Å²) in [5, 5.41) is 3.56. The highest BCUT2D eigenvalue weighted by atomic mass is 14.9. The number of nitrogens with one attached hydrogen (secondary N) is 1. The Hall–Kier alpha value is -1.02. The van der Waals surface area contributed by atoms with Gasteiger partial charge >= 0.3 is 0 Å². The summed E-state index contributed by atoms with van der Waals surface area (Å²) in [5.74, 6) is 2.89. The Morgan fingerprint density at radius 2 is 1.78 bits per heavy atom. The fourth-order valence-electron chi connectivity index (χ4n) is 3.97. The Bertz CT molecular complexity index is 445. The van der Waals surface area contributed by atoms with Crippen molar-refractivity contribution in [2.75, 3.05) is 6.54 Å². The molecule has 2 fully saturated rings. The van der Waals surface area contributed by atoms with Gasteiger partial charge in [0.25, 0.3) is 0 Å². The summed E-state index contributed by atoms with van der Waals surface area (Å²) in [6, 6.07) is 0.702. The van der Waals surface area contributed by atoms with Crippen molar-refractivity contribution in [1.29, 1.82) is 0 Å².